The van der Waals surface area contributed by atoms with Crippen LogP contribution in [0.1, 0.15) is 37.8 Å². The van der Waals surface area contributed by atoms with E-state index in [1.807, 2.05) is 38.1 Å². The van der Waals surface area contributed by atoms with Crippen molar-refractivity contribution < 1.29 is 9.53 Å². The minimum atomic E-state index is -0.213. The Hall–Kier alpha value is -1.57. The van der Waals surface area contributed by atoms with Gasteiger partial charge in [0.15, 0.2) is 0 Å². The molecule has 2 heteroatoms. The molecule has 86 valence electrons. The van der Waals surface area contributed by atoms with Crippen LogP contribution in [0.2, 0.25) is 0 Å². The summed E-state index contributed by atoms with van der Waals surface area (Å²) in [5, 5.41) is 0. The summed E-state index contributed by atoms with van der Waals surface area (Å²) >= 11 is 0. The van der Waals surface area contributed by atoms with Crippen LogP contribution in [0.4, 0.5) is 0 Å². The van der Waals surface area contributed by atoms with E-state index >= 15 is 0 Å². The zero-order valence-electron chi connectivity index (χ0n) is 10.3. The molecule has 0 unspecified atom stereocenters. The van der Waals surface area contributed by atoms with Crippen molar-refractivity contribution in [2.45, 2.75) is 26.7 Å². The van der Waals surface area contributed by atoms with Crippen LogP contribution in [-0.4, -0.2) is 13.1 Å². The van der Waals surface area contributed by atoms with Gasteiger partial charge in [0.2, 0.25) is 0 Å². The van der Waals surface area contributed by atoms with Gasteiger partial charge in [0, 0.05) is 0 Å². The lowest BCUT2D eigenvalue weighted by atomic mass is 9.97. The molecule has 0 N–H and O–H groups in total. The van der Waals surface area contributed by atoms with E-state index in [2.05, 4.69) is 13.0 Å². The number of carbonyl (C=O) groups excluding carboxylic acids is 1. The van der Waals surface area contributed by atoms with Gasteiger partial charge in [-0.2, -0.15) is 0 Å². The molecule has 0 saturated carbocycles. The molecular formula is C14H18O2. The number of carbonyl (C=O) groups is 1. The third kappa shape index (κ3) is 2.72. The summed E-state index contributed by atoms with van der Waals surface area (Å²) in [7, 11) is 1.42. The maximum atomic E-state index is 11.4. The Balaban J connectivity index is 3.03. The van der Waals surface area contributed by atoms with Crippen LogP contribution >= 0.6 is 0 Å². The van der Waals surface area contributed by atoms with E-state index in [4.69, 9.17) is 4.74 Å². The van der Waals surface area contributed by atoms with Gasteiger partial charge < -0.3 is 4.74 Å². The number of allylic oxidation sites excluding steroid dienone is 2. The second kappa shape index (κ2) is 5.50. The first kappa shape index (κ1) is 12.5. The highest BCUT2D eigenvalue weighted by molar-refractivity contribution is 5.78. The second-order valence-corrected chi connectivity index (χ2v) is 3.84. The normalized spacial score (nSPS) is 13.4. The van der Waals surface area contributed by atoms with Crippen molar-refractivity contribution in [3.63, 3.8) is 0 Å². The molecule has 0 radical (unpaired) electrons. The summed E-state index contributed by atoms with van der Waals surface area (Å²) in [6.45, 7) is 5.92. The van der Waals surface area contributed by atoms with Gasteiger partial charge in [-0.05, 0) is 37.5 Å². The molecule has 0 bridgehead atoms. The third-order valence-corrected chi connectivity index (χ3v) is 2.83. The molecule has 16 heavy (non-hydrogen) atoms. The average Bonchev–Trinajstić information content (AvgIpc) is 2.36. The Morgan fingerprint density at radius 1 is 1.44 bits per heavy atom. The van der Waals surface area contributed by atoms with Crippen molar-refractivity contribution in [1.82, 2.24) is 0 Å². The van der Waals surface area contributed by atoms with Gasteiger partial charge in [-0.25, -0.2) is 0 Å². The predicted molar refractivity (Wildman–Crippen MR) is 66.2 cm³/mol. The third-order valence-electron chi connectivity index (χ3n) is 2.83. The second-order valence-electron chi connectivity index (χ2n) is 3.84. The van der Waals surface area contributed by atoms with Gasteiger partial charge in [0.1, 0.15) is 0 Å². The van der Waals surface area contributed by atoms with E-state index in [0.717, 1.165) is 11.1 Å². The van der Waals surface area contributed by atoms with E-state index < -0.39 is 0 Å². The first-order chi connectivity index (χ1) is 7.60. The predicted octanol–water partition coefficient (Wildman–Crippen LogP) is 3.39. The van der Waals surface area contributed by atoms with Crippen LogP contribution in [0.3, 0.4) is 0 Å². The van der Waals surface area contributed by atoms with E-state index in [9.17, 15) is 4.79 Å². The maximum Gasteiger partial charge on any atom is 0.312 e. The molecule has 0 aliphatic rings. The topological polar surface area (TPSA) is 26.3 Å². The molecule has 1 atom stereocenters. The SMILES string of the molecule is C/C=C(\C)c1cccc([C@@H](C)C(=O)OC)c1. The first-order valence-electron chi connectivity index (χ1n) is 5.41. The van der Waals surface area contributed by atoms with Crippen molar-refractivity contribution in [3.05, 3.63) is 41.5 Å². The van der Waals surface area contributed by atoms with Crippen molar-refractivity contribution in [1.29, 1.82) is 0 Å². The molecule has 2 nitrogen and oxygen atoms in total. The molecule has 1 aromatic carbocycles. The van der Waals surface area contributed by atoms with Crippen LogP contribution in [0.5, 0.6) is 0 Å². The van der Waals surface area contributed by atoms with Crippen molar-refractivity contribution in [3.8, 4) is 0 Å². The van der Waals surface area contributed by atoms with Crippen LogP contribution in [0.15, 0.2) is 30.3 Å². The largest absolute Gasteiger partial charge is 0.469 e. The van der Waals surface area contributed by atoms with E-state index in [-0.39, 0.29) is 11.9 Å². The summed E-state index contributed by atoms with van der Waals surface area (Å²) in [5.74, 6) is -0.412. The smallest absolute Gasteiger partial charge is 0.312 e. The van der Waals surface area contributed by atoms with Gasteiger partial charge in [-0.15, -0.1) is 0 Å². The van der Waals surface area contributed by atoms with Gasteiger partial charge in [-0.1, -0.05) is 30.3 Å². The van der Waals surface area contributed by atoms with Gasteiger partial charge in [0.05, 0.1) is 13.0 Å². The van der Waals surface area contributed by atoms with Crippen molar-refractivity contribution in [2.24, 2.45) is 0 Å². The number of hydrogen-bond acceptors (Lipinski definition) is 2. The Morgan fingerprint density at radius 3 is 2.69 bits per heavy atom. The molecule has 0 heterocycles. The highest BCUT2D eigenvalue weighted by atomic mass is 16.5. The molecule has 0 saturated heterocycles. The number of rotatable bonds is 3. The highest BCUT2D eigenvalue weighted by Gasteiger charge is 2.15. The summed E-state index contributed by atoms with van der Waals surface area (Å²) < 4.78 is 4.74. The number of methoxy groups -OCH3 is 1. The standard InChI is InChI=1S/C14H18O2/c1-5-10(2)12-7-6-8-13(9-12)11(3)14(15)16-4/h5-9,11H,1-4H3/b10-5+/t11-/m1/s1. The summed E-state index contributed by atoms with van der Waals surface area (Å²) in [5.41, 5.74) is 3.35. The van der Waals surface area contributed by atoms with Crippen LogP contribution in [-0.2, 0) is 9.53 Å². The molecule has 0 aliphatic heterocycles. The Kier molecular flexibility index (Phi) is 4.29. The Labute approximate surface area is 96.9 Å². The zero-order valence-corrected chi connectivity index (χ0v) is 10.3. The first-order valence-corrected chi connectivity index (χ1v) is 5.41. The number of benzene rings is 1. The quantitative estimate of drug-likeness (QED) is 0.727. The molecule has 0 fully saturated rings. The monoisotopic (exact) mass is 218 g/mol. The maximum absolute atomic E-state index is 11.4. The van der Waals surface area contributed by atoms with Crippen LogP contribution in [0.25, 0.3) is 5.57 Å². The fourth-order valence-corrected chi connectivity index (χ4v) is 1.53. The van der Waals surface area contributed by atoms with Crippen molar-refractivity contribution >= 4 is 11.5 Å². The lowest BCUT2D eigenvalue weighted by Gasteiger charge is -2.11. The van der Waals surface area contributed by atoms with E-state index in [1.54, 1.807) is 0 Å². The fourth-order valence-electron chi connectivity index (χ4n) is 1.53. The Morgan fingerprint density at radius 2 is 2.12 bits per heavy atom. The Bertz CT molecular complexity index is 405. The lowest BCUT2D eigenvalue weighted by Crippen LogP contribution is -2.10. The highest BCUT2D eigenvalue weighted by Crippen LogP contribution is 2.21. The molecular weight excluding hydrogens is 200 g/mol. The number of hydrogen-bond donors (Lipinski definition) is 0. The molecule has 0 spiro atoms. The van der Waals surface area contributed by atoms with Gasteiger partial charge in [0.25, 0.3) is 0 Å². The van der Waals surface area contributed by atoms with Crippen LogP contribution in [0, 0.1) is 0 Å². The lowest BCUT2D eigenvalue weighted by molar-refractivity contribution is -0.141. The number of esters is 1. The summed E-state index contributed by atoms with van der Waals surface area (Å²) in [4.78, 5) is 11.4. The van der Waals surface area contributed by atoms with Gasteiger partial charge in [-0.3, -0.25) is 4.79 Å². The van der Waals surface area contributed by atoms with E-state index in [1.165, 1.54) is 12.7 Å². The van der Waals surface area contributed by atoms with Gasteiger partial charge >= 0.3 is 5.97 Å². The zero-order chi connectivity index (χ0) is 12.1. The average molecular weight is 218 g/mol. The molecule has 0 amide bonds. The fraction of sp³-hybridized carbons (Fsp3) is 0.357. The molecule has 0 aliphatic carbocycles. The number of ether oxygens (including phenoxy) is 1. The van der Waals surface area contributed by atoms with Crippen molar-refractivity contribution in [2.75, 3.05) is 7.11 Å². The van der Waals surface area contributed by atoms with Crippen LogP contribution < -0.4 is 0 Å². The van der Waals surface area contributed by atoms with E-state index in [0.29, 0.717) is 0 Å². The summed E-state index contributed by atoms with van der Waals surface area (Å²) in [6.07, 6.45) is 2.06. The molecule has 1 rings (SSSR count). The molecule has 0 aromatic heterocycles. The summed E-state index contributed by atoms with van der Waals surface area (Å²) in [6, 6.07) is 8.00. The molecule has 1 aromatic rings. The minimum Gasteiger partial charge on any atom is -0.469 e. The minimum absolute atomic E-state index is 0.199.